The molecule has 0 saturated carbocycles. The fraction of sp³-hybridized carbons (Fsp3) is 0.167. The van der Waals surface area contributed by atoms with Crippen LogP contribution in [0.3, 0.4) is 0 Å². The number of aromatic amines is 1. The third kappa shape index (κ3) is 2.22. The van der Waals surface area contributed by atoms with Gasteiger partial charge in [-0.2, -0.15) is 0 Å². The zero-order chi connectivity index (χ0) is 20.9. The quantitative estimate of drug-likeness (QED) is 0.297. The molecule has 4 N–H and O–H groups in total. The topological polar surface area (TPSA) is 99.2 Å². The molecule has 1 atom stereocenters. The molecule has 0 fully saturated rings. The lowest BCUT2D eigenvalue weighted by Crippen LogP contribution is -2.34. The van der Waals surface area contributed by atoms with E-state index in [1.54, 1.807) is 0 Å². The SMILES string of the molecule is Cl.O=C1NC(=O)c2c1c1c3ccccc3[nH]c1c1c2c2cccc3c2n1C[C@H](CO)NC3. The van der Waals surface area contributed by atoms with Crippen molar-refractivity contribution in [3.63, 3.8) is 0 Å². The third-order valence-electron chi connectivity index (χ3n) is 6.74. The molecule has 7 nitrogen and oxygen atoms in total. The second-order valence-electron chi connectivity index (χ2n) is 8.36. The second-order valence-corrected chi connectivity index (χ2v) is 8.36. The Labute approximate surface area is 187 Å². The van der Waals surface area contributed by atoms with E-state index in [0.29, 0.717) is 24.2 Å². The van der Waals surface area contributed by atoms with Crippen LogP contribution in [-0.4, -0.2) is 39.1 Å². The maximum absolute atomic E-state index is 13.0. The highest BCUT2D eigenvalue weighted by Crippen LogP contribution is 2.44. The number of halogens is 1. The average molecular weight is 447 g/mol. The number of imide groups is 1. The molecule has 0 saturated heterocycles. The van der Waals surface area contributed by atoms with Gasteiger partial charge in [0.25, 0.3) is 11.8 Å². The number of para-hydroxylation sites is 2. The third-order valence-corrected chi connectivity index (χ3v) is 6.74. The second kappa shape index (κ2) is 6.56. The highest BCUT2D eigenvalue weighted by atomic mass is 35.5. The van der Waals surface area contributed by atoms with E-state index in [0.717, 1.165) is 49.2 Å². The number of nitrogens with one attached hydrogen (secondary N) is 3. The molecule has 4 heterocycles. The monoisotopic (exact) mass is 446 g/mol. The van der Waals surface area contributed by atoms with Gasteiger partial charge in [-0.05, 0) is 11.6 Å². The summed E-state index contributed by atoms with van der Waals surface area (Å²) in [6.07, 6.45) is 0. The molecular weight excluding hydrogens is 428 g/mol. The number of carbonyl (C=O) groups excluding carboxylic acids is 2. The van der Waals surface area contributed by atoms with Crippen LogP contribution in [0.2, 0.25) is 0 Å². The summed E-state index contributed by atoms with van der Waals surface area (Å²) in [6, 6.07) is 13.8. The minimum absolute atomic E-state index is 0. The maximum Gasteiger partial charge on any atom is 0.259 e. The van der Waals surface area contributed by atoms with Gasteiger partial charge >= 0.3 is 0 Å². The van der Waals surface area contributed by atoms with Crippen LogP contribution in [0.15, 0.2) is 42.5 Å². The van der Waals surface area contributed by atoms with E-state index >= 15 is 0 Å². The van der Waals surface area contributed by atoms with Crippen molar-refractivity contribution in [3.05, 3.63) is 59.2 Å². The van der Waals surface area contributed by atoms with Gasteiger partial charge in [-0.3, -0.25) is 14.9 Å². The molecule has 0 spiro atoms. The number of benzene rings is 3. The molecule has 7 rings (SSSR count). The zero-order valence-corrected chi connectivity index (χ0v) is 17.7. The highest BCUT2D eigenvalue weighted by Gasteiger charge is 2.36. The fourth-order valence-corrected chi connectivity index (χ4v) is 5.50. The summed E-state index contributed by atoms with van der Waals surface area (Å²) in [5, 5.41) is 19.3. The Kier molecular flexibility index (Phi) is 3.96. The molecule has 0 bridgehead atoms. The number of aliphatic hydroxyl groups is 1. The highest BCUT2D eigenvalue weighted by molar-refractivity contribution is 6.39. The number of hydrogen-bond donors (Lipinski definition) is 4. The summed E-state index contributed by atoms with van der Waals surface area (Å²) < 4.78 is 2.20. The molecule has 2 aliphatic heterocycles. The summed E-state index contributed by atoms with van der Waals surface area (Å²) >= 11 is 0. The van der Waals surface area contributed by atoms with Crippen molar-refractivity contribution in [2.45, 2.75) is 19.1 Å². The number of aliphatic hydroxyl groups excluding tert-OH is 1. The number of aromatic nitrogens is 2. The van der Waals surface area contributed by atoms with Gasteiger partial charge in [0, 0.05) is 46.2 Å². The number of hydrogen-bond acceptors (Lipinski definition) is 4. The van der Waals surface area contributed by atoms with Crippen LogP contribution in [0.4, 0.5) is 0 Å². The first-order valence-electron chi connectivity index (χ1n) is 10.4. The number of fused-ring (bicyclic) bond motifs is 10. The molecule has 160 valence electrons. The first-order chi connectivity index (χ1) is 15.2. The number of carbonyl (C=O) groups is 2. The van der Waals surface area contributed by atoms with E-state index in [9.17, 15) is 14.7 Å². The lowest BCUT2D eigenvalue weighted by molar-refractivity contribution is 0.0880. The zero-order valence-electron chi connectivity index (χ0n) is 16.9. The molecule has 0 unspecified atom stereocenters. The van der Waals surface area contributed by atoms with Crippen molar-refractivity contribution in [2.24, 2.45) is 0 Å². The Balaban J connectivity index is 0.00000196. The predicted octanol–water partition coefficient (Wildman–Crippen LogP) is 3.20. The molecule has 2 aromatic heterocycles. The molecule has 8 heteroatoms. The Hall–Kier alpha value is -3.39. The Bertz CT molecular complexity index is 1630. The van der Waals surface area contributed by atoms with Gasteiger partial charge in [0.05, 0.1) is 34.3 Å². The van der Waals surface area contributed by atoms with Crippen LogP contribution in [0, 0.1) is 0 Å². The largest absolute Gasteiger partial charge is 0.395 e. The number of H-pyrrole nitrogens is 1. The van der Waals surface area contributed by atoms with Gasteiger partial charge in [-0.1, -0.05) is 36.4 Å². The first-order valence-corrected chi connectivity index (χ1v) is 10.4. The summed E-state index contributed by atoms with van der Waals surface area (Å²) in [7, 11) is 0. The first kappa shape index (κ1) is 19.3. The van der Waals surface area contributed by atoms with Crippen LogP contribution in [0.1, 0.15) is 26.3 Å². The van der Waals surface area contributed by atoms with E-state index in [1.165, 1.54) is 0 Å². The van der Waals surface area contributed by atoms with E-state index in [4.69, 9.17) is 0 Å². The molecule has 2 aliphatic rings. The number of amides is 2. The molecule has 0 aliphatic carbocycles. The summed E-state index contributed by atoms with van der Waals surface area (Å²) in [4.78, 5) is 29.5. The van der Waals surface area contributed by atoms with Gasteiger partial charge in [0.2, 0.25) is 0 Å². The van der Waals surface area contributed by atoms with Crippen molar-refractivity contribution in [3.8, 4) is 0 Å². The fourth-order valence-electron chi connectivity index (χ4n) is 5.50. The Morgan fingerprint density at radius 2 is 1.69 bits per heavy atom. The minimum Gasteiger partial charge on any atom is -0.395 e. The normalized spacial score (nSPS) is 17.7. The van der Waals surface area contributed by atoms with E-state index in [-0.39, 0.29) is 36.9 Å². The maximum atomic E-state index is 13.0. The van der Waals surface area contributed by atoms with Gasteiger partial charge < -0.3 is 20.0 Å². The Morgan fingerprint density at radius 1 is 0.938 bits per heavy atom. The molecule has 3 aromatic carbocycles. The van der Waals surface area contributed by atoms with Crippen LogP contribution in [-0.2, 0) is 13.1 Å². The smallest absolute Gasteiger partial charge is 0.259 e. The molecule has 2 amide bonds. The number of nitrogens with zero attached hydrogens (tertiary/aromatic N) is 1. The van der Waals surface area contributed by atoms with Gasteiger partial charge in [-0.25, -0.2) is 0 Å². The molecule has 0 radical (unpaired) electrons. The van der Waals surface area contributed by atoms with Gasteiger partial charge in [-0.15, -0.1) is 12.4 Å². The van der Waals surface area contributed by atoms with Crippen LogP contribution in [0.5, 0.6) is 0 Å². The van der Waals surface area contributed by atoms with Crippen LogP contribution >= 0.6 is 12.4 Å². The van der Waals surface area contributed by atoms with E-state index < -0.39 is 0 Å². The molecular formula is C24H19ClN4O3. The predicted molar refractivity (Wildman–Crippen MR) is 126 cm³/mol. The summed E-state index contributed by atoms with van der Waals surface area (Å²) in [5.41, 5.74) is 5.72. The summed E-state index contributed by atoms with van der Waals surface area (Å²) in [6.45, 7) is 1.20. The number of rotatable bonds is 1. The standard InChI is InChI=1S/C24H18N4O3.ClH/c29-10-12-9-28-21-11(8-25-12)4-3-6-14(21)17-19-18(23(30)27-24(19)31)16-13-5-1-2-7-15(13)26-20(16)22(17)28;/h1-7,12,25-26,29H,8-10H2,(H,27,30,31);1H/t12-;/m1./s1. The van der Waals surface area contributed by atoms with Crippen molar-refractivity contribution < 1.29 is 14.7 Å². The van der Waals surface area contributed by atoms with Crippen LogP contribution < -0.4 is 10.6 Å². The van der Waals surface area contributed by atoms with Crippen molar-refractivity contribution in [2.75, 3.05) is 6.61 Å². The minimum atomic E-state index is -0.351. The lowest BCUT2D eigenvalue weighted by Gasteiger charge is -2.15. The van der Waals surface area contributed by atoms with E-state index in [2.05, 4.69) is 26.3 Å². The van der Waals surface area contributed by atoms with E-state index in [1.807, 2.05) is 36.4 Å². The average Bonchev–Trinajstić information content (AvgIpc) is 3.35. The molecule has 32 heavy (non-hydrogen) atoms. The Morgan fingerprint density at radius 3 is 2.50 bits per heavy atom. The van der Waals surface area contributed by atoms with Crippen LogP contribution in [0.25, 0.3) is 43.6 Å². The van der Waals surface area contributed by atoms with Gasteiger partial charge in [0.15, 0.2) is 0 Å². The lowest BCUT2D eigenvalue weighted by atomic mass is 9.96. The summed E-state index contributed by atoms with van der Waals surface area (Å²) in [5.74, 6) is -0.703. The van der Waals surface area contributed by atoms with Crippen molar-refractivity contribution in [1.82, 2.24) is 20.2 Å². The van der Waals surface area contributed by atoms with Crippen molar-refractivity contribution in [1.29, 1.82) is 0 Å². The van der Waals surface area contributed by atoms with Crippen molar-refractivity contribution >= 4 is 67.8 Å². The van der Waals surface area contributed by atoms with Gasteiger partial charge in [0.1, 0.15) is 0 Å². The molecule has 5 aromatic rings.